The molecule has 1 aliphatic rings. The van der Waals surface area contributed by atoms with Crippen molar-refractivity contribution in [3.05, 3.63) is 68.8 Å². The fourth-order valence-electron chi connectivity index (χ4n) is 4.46. The quantitative estimate of drug-likeness (QED) is 0.480. The highest BCUT2D eigenvalue weighted by Crippen LogP contribution is 2.38. The number of aromatic nitrogens is 2. The zero-order valence-electron chi connectivity index (χ0n) is 19.5. The number of carbonyl (C=O) groups excluding carboxylic acids is 1. The molecule has 0 aliphatic carbocycles. The third-order valence-corrected chi connectivity index (χ3v) is 6.82. The molecular formula is C24H24ClF4N3O4. The van der Waals surface area contributed by atoms with E-state index in [9.17, 15) is 27.2 Å². The standard InChI is InChI=1S/C24H24ClF4N3O4/c1-14(35-13-23(7-9-31(2)10-8-23)15-3-5-17(26)6-4-15)18-11-16(25)12-19-20(18)30-22(34)32(19)36-21(33)24(27,28)29/h3-6,11-12,14H,7-10,13H2,1-2H3,(H,30,34). The lowest BCUT2D eigenvalue weighted by molar-refractivity contribution is -0.199. The Balaban J connectivity index is 1.64. The molecule has 1 N–H and O–H groups in total. The van der Waals surface area contributed by atoms with Crippen LogP contribution in [-0.4, -0.2) is 53.5 Å². The molecule has 3 aromatic rings. The summed E-state index contributed by atoms with van der Waals surface area (Å²) in [5.41, 5.74) is -0.114. The van der Waals surface area contributed by atoms with Gasteiger partial charge in [-0.1, -0.05) is 23.7 Å². The molecular weight excluding hydrogens is 506 g/mol. The fraction of sp³-hybridized carbons (Fsp3) is 0.417. The first-order valence-electron chi connectivity index (χ1n) is 11.2. The molecule has 0 amide bonds. The number of aromatic amines is 1. The Morgan fingerprint density at radius 3 is 2.44 bits per heavy atom. The highest BCUT2D eigenvalue weighted by Gasteiger charge is 2.42. The summed E-state index contributed by atoms with van der Waals surface area (Å²) < 4.78 is 58.1. The van der Waals surface area contributed by atoms with E-state index in [1.54, 1.807) is 19.1 Å². The Labute approximate surface area is 208 Å². The normalized spacial score (nSPS) is 17.3. The minimum atomic E-state index is -5.29. The average Bonchev–Trinajstić information content (AvgIpc) is 3.13. The van der Waals surface area contributed by atoms with Crippen LogP contribution < -0.4 is 10.5 Å². The van der Waals surface area contributed by atoms with Gasteiger partial charge in [0.1, 0.15) is 11.3 Å². The van der Waals surface area contributed by atoms with E-state index < -0.39 is 23.9 Å². The number of halogens is 5. The summed E-state index contributed by atoms with van der Waals surface area (Å²) in [5.74, 6) is -2.88. The monoisotopic (exact) mass is 529 g/mol. The Morgan fingerprint density at radius 2 is 1.83 bits per heavy atom. The van der Waals surface area contributed by atoms with Crippen molar-refractivity contribution >= 4 is 28.6 Å². The molecule has 1 aliphatic heterocycles. The smallest absolute Gasteiger partial charge is 0.373 e. The molecule has 7 nitrogen and oxygen atoms in total. The molecule has 1 aromatic heterocycles. The van der Waals surface area contributed by atoms with Crippen molar-refractivity contribution in [3.63, 3.8) is 0 Å². The maximum Gasteiger partial charge on any atom is 0.493 e. The number of ether oxygens (including phenoxy) is 1. The van der Waals surface area contributed by atoms with E-state index in [-0.39, 0.29) is 38.6 Å². The number of nitrogens with one attached hydrogen (secondary N) is 1. The Bertz CT molecular complexity index is 1310. The van der Waals surface area contributed by atoms with E-state index in [1.807, 2.05) is 7.05 Å². The minimum absolute atomic E-state index is 0.108. The largest absolute Gasteiger partial charge is 0.493 e. The molecule has 0 saturated carbocycles. The minimum Gasteiger partial charge on any atom is -0.373 e. The van der Waals surface area contributed by atoms with E-state index in [2.05, 4.69) is 14.7 Å². The zero-order valence-corrected chi connectivity index (χ0v) is 20.3. The molecule has 1 unspecified atom stereocenters. The third kappa shape index (κ3) is 5.28. The topological polar surface area (TPSA) is 76.6 Å². The van der Waals surface area contributed by atoms with E-state index in [1.165, 1.54) is 24.3 Å². The molecule has 12 heteroatoms. The van der Waals surface area contributed by atoms with Crippen LogP contribution in [0.5, 0.6) is 0 Å². The molecule has 36 heavy (non-hydrogen) atoms. The summed E-state index contributed by atoms with van der Waals surface area (Å²) in [6.07, 6.45) is -4.39. The van der Waals surface area contributed by atoms with E-state index in [4.69, 9.17) is 16.3 Å². The summed E-state index contributed by atoms with van der Waals surface area (Å²) in [5, 5.41) is 0.108. The molecule has 2 heterocycles. The van der Waals surface area contributed by atoms with Crippen molar-refractivity contribution in [2.75, 3.05) is 26.7 Å². The second-order valence-electron chi connectivity index (χ2n) is 9.03. The number of rotatable bonds is 6. The fourth-order valence-corrected chi connectivity index (χ4v) is 4.68. The van der Waals surface area contributed by atoms with Crippen LogP contribution in [0.25, 0.3) is 11.0 Å². The second kappa shape index (κ2) is 9.87. The highest BCUT2D eigenvalue weighted by molar-refractivity contribution is 6.31. The summed E-state index contributed by atoms with van der Waals surface area (Å²) in [4.78, 5) is 32.5. The van der Waals surface area contributed by atoms with Crippen LogP contribution in [-0.2, 0) is 14.9 Å². The molecule has 194 valence electrons. The third-order valence-electron chi connectivity index (χ3n) is 6.60. The second-order valence-corrected chi connectivity index (χ2v) is 9.47. The highest BCUT2D eigenvalue weighted by atomic mass is 35.5. The van der Waals surface area contributed by atoms with Crippen LogP contribution in [0.3, 0.4) is 0 Å². The van der Waals surface area contributed by atoms with Gasteiger partial charge in [-0.3, -0.25) is 0 Å². The van der Waals surface area contributed by atoms with Crippen LogP contribution in [0.4, 0.5) is 17.6 Å². The predicted molar refractivity (Wildman–Crippen MR) is 124 cm³/mol. The summed E-state index contributed by atoms with van der Waals surface area (Å²) >= 11 is 6.19. The van der Waals surface area contributed by atoms with Crippen LogP contribution in [0.1, 0.15) is 37.0 Å². The van der Waals surface area contributed by atoms with Gasteiger partial charge in [0, 0.05) is 16.0 Å². The first-order chi connectivity index (χ1) is 16.9. The molecule has 1 fully saturated rings. The Kier molecular flexibility index (Phi) is 7.18. The Hall–Kier alpha value is -2.89. The molecule has 0 spiro atoms. The van der Waals surface area contributed by atoms with Crippen LogP contribution >= 0.6 is 11.6 Å². The number of nitrogens with zero attached hydrogens (tertiary/aromatic N) is 2. The van der Waals surface area contributed by atoms with Crippen molar-refractivity contribution in [3.8, 4) is 0 Å². The number of H-pyrrole nitrogens is 1. The first kappa shape index (κ1) is 26.2. The molecule has 0 radical (unpaired) electrons. The molecule has 0 bridgehead atoms. The molecule has 4 rings (SSSR count). The molecule has 2 aromatic carbocycles. The lowest BCUT2D eigenvalue weighted by atomic mass is 9.73. The summed E-state index contributed by atoms with van der Waals surface area (Å²) in [6.45, 7) is 3.62. The van der Waals surface area contributed by atoms with Gasteiger partial charge < -0.3 is 19.5 Å². The SMILES string of the molecule is CC(OCC1(c2ccc(F)cc2)CCN(C)CC1)c1cc(Cl)cc2c1[nH]c(=O)n2OC(=O)C(F)(F)F. The number of imidazole rings is 1. The number of piperidine rings is 1. The van der Waals surface area contributed by atoms with Crippen molar-refractivity contribution in [2.24, 2.45) is 0 Å². The van der Waals surface area contributed by atoms with Crippen molar-refractivity contribution < 1.29 is 31.9 Å². The number of benzene rings is 2. The van der Waals surface area contributed by atoms with Crippen molar-refractivity contribution in [2.45, 2.75) is 37.5 Å². The number of likely N-dealkylation sites (tertiary alicyclic amines) is 1. The van der Waals surface area contributed by atoms with Gasteiger partial charge >= 0.3 is 17.8 Å². The van der Waals surface area contributed by atoms with E-state index >= 15 is 0 Å². The molecule has 1 saturated heterocycles. The van der Waals surface area contributed by atoms with Crippen LogP contribution in [0, 0.1) is 5.82 Å². The lowest BCUT2D eigenvalue weighted by Crippen LogP contribution is -2.44. The predicted octanol–water partition coefficient (Wildman–Crippen LogP) is 4.38. The Morgan fingerprint density at radius 1 is 1.19 bits per heavy atom. The van der Waals surface area contributed by atoms with Crippen LogP contribution in [0.15, 0.2) is 41.2 Å². The van der Waals surface area contributed by atoms with Gasteiger partial charge in [-0.05, 0) is 69.7 Å². The van der Waals surface area contributed by atoms with Gasteiger partial charge in [0.15, 0.2) is 0 Å². The average molecular weight is 530 g/mol. The lowest BCUT2D eigenvalue weighted by Gasteiger charge is -2.41. The number of hydrogen-bond donors (Lipinski definition) is 1. The van der Waals surface area contributed by atoms with Crippen molar-refractivity contribution in [1.82, 2.24) is 14.6 Å². The van der Waals surface area contributed by atoms with Gasteiger partial charge in [-0.2, -0.15) is 13.2 Å². The number of fused-ring (bicyclic) bond motifs is 1. The van der Waals surface area contributed by atoms with Gasteiger partial charge in [-0.15, -0.1) is 4.73 Å². The van der Waals surface area contributed by atoms with E-state index in [0.717, 1.165) is 31.5 Å². The zero-order chi connectivity index (χ0) is 26.3. The van der Waals surface area contributed by atoms with Crippen molar-refractivity contribution in [1.29, 1.82) is 0 Å². The van der Waals surface area contributed by atoms with Gasteiger partial charge in [0.05, 0.1) is 18.2 Å². The van der Waals surface area contributed by atoms with Gasteiger partial charge in [0.2, 0.25) is 0 Å². The van der Waals surface area contributed by atoms with Gasteiger partial charge in [-0.25, -0.2) is 14.0 Å². The maximum atomic E-state index is 13.6. The molecule has 1 atom stereocenters. The summed E-state index contributed by atoms with van der Waals surface area (Å²) in [7, 11) is 2.02. The number of carbonyl (C=O) groups is 1. The summed E-state index contributed by atoms with van der Waals surface area (Å²) in [6, 6.07) is 9.06. The number of alkyl halides is 3. The van der Waals surface area contributed by atoms with Crippen LogP contribution in [0.2, 0.25) is 5.02 Å². The number of hydrogen-bond acceptors (Lipinski definition) is 5. The maximum absolute atomic E-state index is 13.6. The first-order valence-corrected chi connectivity index (χ1v) is 11.6. The van der Waals surface area contributed by atoms with E-state index in [0.29, 0.717) is 5.56 Å². The van der Waals surface area contributed by atoms with Gasteiger partial charge in [0.25, 0.3) is 0 Å².